The molecule has 0 radical (unpaired) electrons. The summed E-state index contributed by atoms with van der Waals surface area (Å²) in [5.41, 5.74) is 7.27. The van der Waals surface area contributed by atoms with Crippen LogP contribution in [0.15, 0.2) is 47.5 Å². The van der Waals surface area contributed by atoms with Gasteiger partial charge in [0.1, 0.15) is 22.6 Å². The van der Waals surface area contributed by atoms with Gasteiger partial charge < -0.3 is 10.7 Å². The van der Waals surface area contributed by atoms with Crippen LogP contribution in [0.5, 0.6) is 0 Å². The molecule has 1 unspecified atom stereocenters. The fraction of sp³-hybridized carbons (Fsp3) is 0.125. The summed E-state index contributed by atoms with van der Waals surface area (Å²) < 4.78 is 42.0. The minimum absolute atomic E-state index is 0.324. The van der Waals surface area contributed by atoms with Gasteiger partial charge in [0.25, 0.3) is 0 Å². The Hall–Kier alpha value is -2.09. The van der Waals surface area contributed by atoms with Crippen LogP contribution in [0.3, 0.4) is 0 Å². The van der Waals surface area contributed by atoms with Gasteiger partial charge in [0.2, 0.25) is 0 Å². The maximum atomic E-state index is 13.9. The first kappa shape index (κ1) is 15.8. The number of hydrogen-bond donors (Lipinski definition) is 3. The molecule has 0 amide bonds. The van der Waals surface area contributed by atoms with E-state index in [0.717, 1.165) is 10.9 Å². The second-order valence-corrected chi connectivity index (χ2v) is 6.32. The van der Waals surface area contributed by atoms with Crippen molar-refractivity contribution in [2.45, 2.75) is 4.90 Å². The van der Waals surface area contributed by atoms with Crippen LogP contribution in [0.25, 0.3) is 22.0 Å². The predicted molar refractivity (Wildman–Crippen MR) is 87.1 cm³/mol. The smallest absolute Gasteiger partial charge is 0.125 e. The summed E-state index contributed by atoms with van der Waals surface area (Å²) in [6.45, 7) is 0.701. The van der Waals surface area contributed by atoms with Gasteiger partial charge in [-0.25, -0.2) is 17.7 Å². The Balaban J connectivity index is 2.05. The van der Waals surface area contributed by atoms with Crippen LogP contribution in [0.4, 0.5) is 8.78 Å². The number of aromatic amines is 1. The summed E-state index contributed by atoms with van der Waals surface area (Å²) in [5.74, 6) is -0.838. The van der Waals surface area contributed by atoms with Crippen molar-refractivity contribution in [1.82, 2.24) is 9.71 Å². The van der Waals surface area contributed by atoms with Crippen molar-refractivity contribution in [2.24, 2.45) is 5.73 Å². The molecule has 0 aliphatic heterocycles. The number of nitrogens with two attached hydrogens (primary N) is 1. The highest BCUT2D eigenvalue weighted by Gasteiger charge is 2.12. The fourth-order valence-electron chi connectivity index (χ4n) is 2.40. The lowest BCUT2D eigenvalue weighted by Gasteiger charge is -2.07. The van der Waals surface area contributed by atoms with E-state index in [-0.39, 0.29) is 5.82 Å². The molecular weight excluding hydrogens is 320 g/mol. The van der Waals surface area contributed by atoms with E-state index in [4.69, 9.17) is 5.73 Å². The Morgan fingerprint density at radius 3 is 2.74 bits per heavy atom. The molecule has 0 saturated carbocycles. The van der Waals surface area contributed by atoms with Crippen molar-refractivity contribution < 1.29 is 13.0 Å². The third-order valence-corrected chi connectivity index (χ3v) is 4.55. The third-order valence-electron chi connectivity index (χ3n) is 3.42. The Labute approximate surface area is 134 Å². The van der Waals surface area contributed by atoms with Gasteiger partial charge >= 0.3 is 0 Å². The molecule has 4 nitrogen and oxygen atoms in total. The minimum Gasteiger partial charge on any atom is -0.360 e. The van der Waals surface area contributed by atoms with Crippen molar-refractivity contribution in [3.8, 4) is 11.1 Å². The van der Waals surface area contributed by atoms with Crippen molar-refractivity contribution in [3.05, 3.63) is 54.2 Å². The highest BCUT2D eigenvalue weighted by molar-refractivity contribution is 7.83. The lowest BCUT2D eigenvalue weighted by Crippen LogP contribution is -2.24. The van der Waals surface area contributed by atoms with Crippen LogP contribution in [-0.2, 0) is 11.0 Å². The van der Waals surface area contributed by atoms with Gasteiger partial charge in [0.15, 0.2) is 0 Å². The van der Waals surface area contributed by atoms with E-state index in [9.17, 15) is 13.0 Å². The van der Waals surface area contributed by atoms with E-state index in [0.29, 0.717) is 29.1 Å². The number of rotatable bonds is 5. The van der Waals surface area contributed by atoms with Crippen LogP contribution >= 0.6 is 0 Å². The molecule has 0 bridgehead atoms. The second kappa shape index (κ2) is 6.57. The summed E-state index contributed by atoms with van der Waals surface area (Å²) >= 11 is 0. The normalized spacial score (nSPS) is 12.7. The van der Waals surface area contributed by atoms with Crippen LogP contribution in [0.1, 0.15) is 0 Å². The molecule has 0 aliphatic carbocycles. The Morgan fingerprint density at radius 2 is 1.96 bits per heavy atom. The topological polar surface area (TPSA) is 70.9 Å². The summed E-state index contributed by atoms with van der Waals surface area (Å²) in [5, 5.41) is 0.767. The first-order valence-corrected chi connectivity index (χ1v) is 8.16. The third kappa shape index (κ3) is 3.31. The van der Waals surface area contributed by atoms with Crippen molar-refractivity contribution >= 4 is 21.9 Å². The highest BCUT2D eigenvalue weighted by Crippen LogP contribution is 2.30. The van der Waals surface area contributed by atoms with Crippen molar-refractivity contribution in [2.75, 3.05) is 13.1 Å². The first-order valence-electron chi connectivity index (χ1n) is 7.01. The number of halogens is 2. The predicted octanol–water partition coefficient (Wildman–Crippen LogP) is 2.68. The van der Waals surface area contributed by atoms with Crippen molar-refractivity contribution in [3.63, 3.8) is 0 Å². The summed E-state index contributed by atoms with van der Waals surface area (Å²) in [6, 6.07) is 8.58. The van der Waals surface area contributed by atoms with E-state index < -0.39 is 16.8 Å². The monoisotopic (exact) mass is 335 g/mol. The standard InChI is InChI=1S/C16H15F2N3OS/c17-11-1-2-14-15(9-20-16(14)8-11)10-5-12(18)7-13(6-10)23(22)21-4-3-19/h1-2,5-9,20-21H,3-4,19H2. The second-order valence-electron chi connectivity index (χ2n) is 5.02. The molecule has 0 saturated heterocycles. The van der Waals surface area contributed by atoms with E-state index in [1.54, 1.807) is 18.3 Å². The number of fused-ring (bicyclic) bond motifs is 1. The maximum Gasteiger partial charge on any atom is 0.125 e. The molecule has 0 aliphatic rings. The fourth-order valence-corrected chi connectivity index (χ4v) is 3.32. The molecule has 1 heterocycles. The molecule has 1 atom stereocenters. The van der Waals surface area contributed by atoms with Gasteiger partial charge in [-0.1, -0.05) is 0 Å². The van der Waals surface area contributed by atoms with Gasteiger partial charge in [0, 0.05) is 35.8 Å². The van der Waals surface area contributed by atoms with E-state index in [1.165, 1.54) is 24.3 Å². The summed E-state index contributed by atoms with van der Waals surface area (Å²) in [6.07, 6.45) is 1.68. The van der Waals surface area contributed by atoms with Gasteiger partial charge in [-0.05, 0) is 42.0 Å². The number of H-pyrrole nitrogens is 1. The number of benzene rings is 2. The molecule has 23 heavy (non-hydrogen) atoms. The highest BCUT2D eigenvalue weighted by atomic mass is 32.2. The molecule has 7 heteroatoms. The molecular formula is C16H15F2N3OS. The summed E-state index contributed by atoms with van der Waals surface area (Å²) in [4.78, 5) is 3.28. The van der Waals surface area contributed by atoms with E-state index >= 15 is 0 Å². The lowest BCUT2D eigenvalue weighted by molar-refractivity contribution is 0.622. The van der Waals surface area contributed by atoms with Crippen LogP contribution in [0.2, 0.25) is 0 Å². The van der Waals surface area contributed by atoms with E-state index in [2.05, 4.69) is 9.71 Å². The molecule has 3 aromatic rings. The molecule has 0 fully saturated rings. The molecule has 1 aromatic heterocycles. The minimum atomic E-state index is -1.54. The number of nitrogens with one attached hydrogen (secondary N) is 2. The first-order chi connectivity index (χ1) is 11.1. The van der Waals surface area contributed by atoms with Crippen LogP contribution in [-0.4, -0.2) is 22.3 Å². The zero-order valence-corrected chi connectivity index (χ0v) is 12.9. The largest absolute Gasteiger partial charge is 0.360 e. The van der Waals surface area contributed by atoms with Gasteiger partial charge in [-0.2, -0.15) is 0 Å². The number of hydrogen-bond acceptors (Lipinski definition) is 2. The zero-order chi connectivity index (χ0) is 16.4. The van der Waals surface area contributed by atoms with Crippen molar-refractivity contribution in [1.29, 1.82) is 0 Å². The Bertz CT molecular complexity index is 879. The van der Waals surface area contributed by atoms with Crippen LogP contribution in [0, 0.1) is 11.6 Å². The van der Waals surface area contributed by atoms with Gasteiger partial charge in [0.05, 0.1) is 4.90 Å². The Kier molecular flexibility index (Phi) is 4.51. The van der Waals surface area contributed by atoms with Crippen LogP contribution < -0.4 is 10.5 Å². The Morgan fingerprint density at radius 1 is 1.13 bits per heavy atom. The lowest BCUT2D eigenvalue weighted by atomic mass is 10.0. The molecule has 2 aromatic carbocycles. The molecule has 4 N–H and O–H groups in total. The quantitative estimate of drug-likeness (QED) is 0.671. The average Bonchev–Trinajstić information content (AvgIpc) is 2.94. The average molecular weight is 335 g/mol. The molecule has 3 rings (SSSR count). The maximum absolute atomic E-state index is 13.9. The van der Waals surface area contributed by atoms with Gasteiger partial charge in [-0.15, -0.1) is 0 Å². The van der Waals surface area contributed by atoms with E-state index in [1.807, 2.05) is 0 Å². The molecule has 120 valence electrons. The number of aromatic nitrogens is 1. The zero-order valence-electron chi connectivity index (χ0n) is 12.1. The molecule has 0 spiro atoms. The van der Waals surface area contributed by atoms with Gasteiger partial charge in [-0.3, -0.25) is 0 Å². The summed E-state index contributed by atoms with van der Waals surface area (Å²) in [7, 11) is -1.54. The SMILES string of the molecule is NCCNS(=O)c1cc(F)cc(-c2c[nH]c3cc(F)ccc23)c1.